The topological polar surface area (TPSA) is 146 Å². The van der Waals surface area contributed by atoms with Crippen LogP contribution >= 0.6 is 0 Å². The monoisotopic (exact) mass is 772 g/mol. The normalized spacial score (nSPS) is 11.6. The minimum Gasteiger partial charge on any atom is -0.508 e. The maximum absolute atomic E-state index is 11.7. The van der Waals surface area contributed by atoms with Crippen molar-refractivity contribution < 1.29 is 48.3 Å². The molecule has 0 aliphatic heterocycles. The summed E-state index contributed by atoms with van der Waals surface area (Å²) in [5.74, 6) is 1.52. The molecule has 56 heavy (non-hydrogen) atoms. The fourth-order valence-electron chi connectivity index (χ4n) is 3.55. The van der Waals surface area contributed by atoms with Gasteiger partial charge in [-0.2, -0.15) is 0 Å². The van der Waals surface area contributed by atoms with Crippen LogP contribution in [0.15, 0.2) is 109 Å². The maximum atomic E-state index is 11.7. The highest BCUT2D eigenvalue weighted by Gasteiger charge is 2.28. The van der Waals surface area contributed by atoms with Crippen molar-refractivity contribution in [3.8, 4) is 34.5 Å². The zero-order chi connectivity index (χ0) is 42.3. The number of rotatable bonds is 12. The molecule has 0 saturated heterocycles. The van der Waals surface area contributed by atoms with Crippen LogP contribution in [0.2, 0.25) is 0 Å². The molecule has 10 heteroatoms. The van der Waals surface area contributed by atoms with Crippen molar-refractivity contribution in [1.82, 2.24) is 0 Å². The molecule has 0 aliphatic rings. The van der Waals surface area contributed by atoms with Gasteiger partial charge in [-0.25, -0.2) is 0 Å². The second-order valence-electron chi connectivity index (χ2n) is 14.3. The number of ether oxygens (including phenoxy) is 4. The molecule has 0 aliphatic carbocycles. The minimum absolute atomic E-state index is 0.0276. The van der Waals surface area contributed by atoms with E-state index in [9.17, 15) is 19.2 Å². The van der Waals surface area contributed by atoms with E-state index in [0.29, 0.717) is 23.0 Å². The Morgan fingerprint density at radius 3 is 1.02 bits per heavy atom. The lowest BCUT2D eigenvalue weighted by molar-refractivity contribution is -0.144. The molecule has 4 aromatic carbocycles. The van der Waals surface area contributed by atoms with Gasteiger partial charge in [0.2, 0.25) is 0 Å². The fourth-order valence-corrected chi connectivity index (χ4v) is 3.55. The van der Waals surface area contributed by atoms with Crippen LogP contribution in [0.5, 0.6) is 34.5 Å². The van der Waals surface area contributed by atoms with Crippen LogP contribution < -0.4 is 18.9 Å². The van der Waals surface area contributed by atoms with E-state index in [1.165, 1.54) is 24.3 Å². The lowest BCUT2D eigenvalue weighted by atomic mass is 9.91. The summed E-state index contributed by atoms with van der Waals surface area (Å²) < 4.78 is 20.6. The van der Waals surface area contributed by atoms with E-state index in [1.54, 1.807) is 48.5 Å². The van der Waals surface area contributed by atoms with Crippen molar-refractivity contribution in [3.63, 3.8) is 0 Å². The SMILES string of the molecule is CCC(C)(C)C(=O)Oc1ccc(O)cc1.CCC(C)(C)C(=O)Oc1ccccc1.CCC(C)C(=O)Oc1ccc(O)cc1.CCC(C)C(=O)Oc1ccccc1. The summed E-state index contributed by atoms with van der Waals surface area (Å²) in [7, 11) is 0. The minimum atomic E-state index is -0.474. The number of phenolic OH excluding ortho intramolecular Hbond substituents is 2. The summed E-state index contributed by atoms with van der Waals surface area (Å²) in [6.07, 6.45) is 3.07. The number of hydrogen-bond acceptors (Lipinski definition) is 10. The van der Waals surface area contributed by atoms with E-state index >= 15 is 0 Å². The van der Waals surface area contributed by atoms with Gasteiger partial charge in [-0.05, 0) is 126 Å². The molecule has 0 bridgehead atoms. The number of phenols is 2. The van der Waals surface area contributed by atoms with E-state index in [4.69, 9.17) is 29.2 Å². The summed E-state index contributed by atoms with van der Waals surface area (Å²) in [5.41, 5.74) is -0.881. The number of aromatic hydroxyl groups is 2. The van der Waals surface area contributed by atoms with Crippen molar-refractivity contribution >= 4 is 23.9 Å². The standard InChI is InChI=1S/C12H16O3.C12H16O2.C11H14O3.C11H14O2/c1-4-12(2,3)11(14)15-10-7-5-9(13)6-8-10;1-4-12(2,3)11(13)14-10-8-6-5-7-9-10;1-3-8(2)11(13)14-10-6-4-9(12)5-7-10;1-3-9(2)11(12)13-10-7-5-4-6-8-10/h5-8,13H,4H2,1-3H3;5-9H,4H2,1-3H3;4-8,12H,3H2,1-2H3;4-9H,3H2,1-2H3. The van der Waals surface area contributed by atoms with E-state index < -0.39 is 10.8 Å². The number of para-hydroxylation sites is 2. The Kier molecular flexibility index (Phi) is 21.3. The van der Waals surface area contributed by atoms with Crippen LogP contribution in [-0.2, 0) is 19.2 Å². The second-order valence-corrected chi connectivity index (χ2v) is 14.3. The summed E-state index contributed by atoms with van der Waals surface area (Å²) in [6, 6.07) is 30.5. The second kappa shape index (κ2) is 24.7. The first-order valence-corrected chi connectivity index (χ1v) is 18.9. The molecule has 0 amide bonds. The molecule has 0 heterocycles. The van der Waals surface area contributed by atoms with Gasteiger partial charge in [0.1, 0.15) is 34.5 Å². The first-order valence-electron chi connectivity index (χ1n) is 18.9. The third kappa shape index (κ3) is 18.6. The highest BCUT2D eigenvalue weighted by Crippen LogP contribution is 2.25. The molecular formula is C46H60O10. The smallest absolute Gasteiger partial charge is 0.316 e. The molecule has 10 nitrogen and oxygen atoms in total. The van der Waals surface area contributed by atoms with Crippen LogP contribution in [0, 0.1) is 22.7 Å². The molecular weight excluding hydrogens is 712 g/mol. The number of benzene rings is 4. The van der Waals surface area contributed by atoms with Crippen molar-refractivity contribution in [1.29, 1.82) is 0 Å². The van der Waals surface area contributed by atoms with Gasteiger partial charge in [0, 0.05) is 0 Å². The van der Waals surface area contributed by atoms with Gasteiger partial charge in [-0.3, -0.25) is 19.2 Å². The molecule has 0 aromatic heterocycles. The average Bonchev–Trinajstić information content (AvgIpc) is 3.20. The van der Waals surface area contributed by atoms with E-state index in [0.717, 1.165) is 25.7 Å². The van der Waals surface area contributed by atoms with Gasteiger partial charge in [-0.15, -0.1) is 0 Å². The van der Waals surface area contributed by atoms with E-state index in [1.807, 2.05) is 106 Å². The van der Waals surface area contributed by atoms with Crippen LogP contribution in [0.1, 0.15) is 94.9 Å². The Labute approximate surface area is 332 Å². The number of carbonyl (C=O) groups is 4. The number of carbonyl (C=O) groups excluding carboxylic acids is 4. The van der Waals surface area contributed by atoms with Crippen molar-refractivity contribution in [2.75, 3.05) is 0 Å². The summed E-state index contributed by atoms with van der Waals surface area (Å²) in [4.78, 5) is 46.0. The van der Waals surface area contributed by atoms with Crippen molar-refractivity contribution in [3.05, 3.63) is 109 Å². The third-order valence-corrected chi connectivity index (χ3v) is 8.92. The maximum Gasteiger partial charge on any atom is 0.316 e. The van der Waals surface area contributed by atoms with Gasteiger partial charge in [0.05, 0.1) is 22.7 Å². The zero-order valence-corrected chi connectivity index (χ0v) is 34.5. The van der Waals surface area contributed by atoms with E-state index in [2.05, 4.69) is 0 Å². The summed E-state index contributed by atoms with van der Waals surface area (Å²) in [6.45, 7) is 19.0. The van der Waals surface area contributed by atoms with Gasteiger partial charge >= 0.3 is 23.9 Å². The Morgan fingerprint density at radius 2 is 0.732 bits per heavy atom. The predicted octanol–water partition coefficient (Wildman–Crippen LogP) is 10.7. The molecule has 2 unspecified atom stereocenters. The molecule has 0 radical (unpaired) electrons. The number of hydrogen-bond donors (Lipinski definition) is 2. The van der Waals surface area contributed by atoms with E-state index in [-0.39, 0.29) is 47.2 Å². The van der Waals surface area contributed by atoms with Gasteiger partial charge < -0.3 is 29.2 Å². The Hall–Kier alpha value is -5.64. The first kappa shape index (κ1) is 48.4. The Balaban J connectivity index is 0.000000374. The lowest BCUT2D eigenvalue weighted by Gasteiger charge is -2.19. The highest BCUT2D eigenvalue weighted by atomic mass is 16.5. The largest absolute Gasteiger partial charge is 0.508 e. The van der Waals surface area contributed by atoms with Crippen molar-refractivity contribution in [2.45, 2.75) is 94.9 Å². The predicted molar refractivity (Wildman–Crippen MR) is 219 cm³/mol. The molecule has 0 fully saturated rings. The van der Waals surface area contributed by atoms with Gasteiger partial charge in [-0.1, -0.05) is 77.9 Å². The molecule has 0 spiro atoms. The Morgan fingerprint density at radius 1 is 0.464 bits per heavy atom. The molecule has 4 aromatic rings. The highest BCUT2D eigenvalue weighted by molar-refractivity contribution is 5.79. The molecule has 2 N–H and O–H groups in total. The van der Waals surface area contributed by atoms with Crippen molar-refractivity contribution in [2.24, 2.45) is 22.7 Å². The molecule has 2 atom stereocenters. The quantitative estimate of drug-likeness (QED) is 0.105. The fraction of sp³-hybridized carbons (Fsp3) is 0.391. The van der Waals surface area contributed by atoms with Gasteiger partial charge in [0.25, 0.3) is 0 Å². The molecule has 304 valence electrons. The summed E-state index contributed by atoms with van der Waals surface area (Å²) in [5, 5.41) is 18.1. The molecule has 4 rings (SSSR count). The van der Waals surface area contributed by atoms with Crippen LogP contribution in [0.3, 0.4) is 0 Å². The van der Waals surface area contributed by atoms with Crippen LogP contribution in [-0.4, -0.2) is 34.1 Å². The van der Waals surface area contributed by atoms with Gasteiger partial charge in [0.15, 0.2) is 0 Å². The lowest BCUT2D eigenvalue weighted by Crippen LogP contribution is -2.28. The van der Waals surface area contributed by atoms with Crippen LogP contribution in [0.25, 0.3) is 0 Å². The van der Waals surface area contributed by atoms with Crippen LogP contribution in [0.4, 0.5) is 0 Å². The zero-order valence-electron chi connectivity index (χ0n) is 34.5. The summed E-state index contributed by atoms with van der Waals surface area (Å²) >= 11 is 0. The number of esters is 4. The Bertz CT molecular complexity index is 1730. The average molecular weight is 773 g/mol. The first-order chi connectivity index (χ1) is 26.4. The molecule has 0 saturated carbocycles. The third-order valence-electron chi connectivity index (χ3n) is 8.92.